The van der Waals surface area contributed by atoms with Crippen LogP contribution in [-0.4, -0.2) is 11.7 Å². The molecule has 23 heavy (non-hydrogen) atoms. The quantitative estimate of drug-likeness (QED) is 0.488. The largest absolute Gasteiger partial charge is 0.349 e. The summed E-state index contributed by atoms with van der Waals surface area (Å²) < 4.78 is 0. The summed E-state index contributed by atoms with van der Waals surface area (Å²) in [5, 5.41) is 19.4. The lowest BCUT2D eigenvalue weighted by atomic mass is 10.0. The van der Waals surface area contributed by atoms with Crippen molar-refractivity contribution in [1.82, 2.24) is 5.32 Å². The third-order valence-electron chi connectivity index (χ3n) is 3.84. The molecule has 0 amide bonds. The van der Waals surface area contributed by atoms with Crippen LogP contribution in [0.5, 0.6) is 0 Å². The van der Waals surface area contributed by atoms with Crippen molar-refractivity contribution < 1.29 is 0 Å². The molecule has 0 aliphatic carbocycles. The zero-order valence-corrected chi connectivity index (χ0v) is 13.9. The van der Waals surface area contributed by atoms with E-state index in [0.717, 1.165) is 17.7 Å². The molecule has 0 radical (unpaired) electrons. The minimum absolute atomic E-state index is 0.0602. The van der Waals surface area contributed by atoms with E-state index in [2.05, 4.69) is 40.7 Å². The van der Waals surface area contributed by atoms with Crippen LogP contribution in [0.25, 0.3) is 0 Å². The Bertz CT molecular complexity index is 712. The lowest BCUT2D eigenvalue weighted by Gasteiger charge is -2.22. The van der Waals surface area contributed by atoms with Gasteiger partial charge < -0.3 is 5.32 Å². The van der Waals surface area contributed by atoms with Crippen LogP contribution in [0.4, 0.5) is 0 Å². The molecular formula is C18H20N4S. The molecule has 0 aromatic heterocycles. The lowest BCUT2D eigenvalue weighted by Crippen LogP contribution is -2.19. The Hall–Kier alpha value is -2.14. The van der Waals surface area contributed by atoms with Gasteiger partial charge in [0.25, 0.3) is 0 Å². The van der Waals surface area contributed by atoms with E-state index >= 15 is 0 Å². The summed E-state index contributed by atoms with van der Waals surface area (Å²) in [5.74, 6) is 1.16. The van der Waals surface area contributed by atoms with Gasteiger partial charge in [-0.3, -0.25) is 5.41 Å². The topological polar surface area (TPSA) is 60.6 Å². The molecule has 1 aliphatic rings. The van der Waals surface area contributed by atoms with Gasteiger partial charge in [0.2, 0.25) is 5.96 Å². The second-order valence-electron chi connectivity index (χ2n) is 5.55. The molecule has 0 bridgehead atoms. The Morgan fingerprint density at radius 3 is 2.87 bits per heavy atom. The summed E-state index contributed by atoms with van der Waals surface area (Å²) in [6, 6.07) is 16.4. The summed E-state index contributed by atoms with van der Waals surface area (Å²) in [6.45, 7) is 2.73. The van der Waals surface area contributed by atoms with Crippen LogP contribution in [0.1, 0.15) is 29.2 Å². The monoisotopic (exact) mass is 324 g/mol. The van der Waals surface area contributed by atoms with Crippen LogP contribution in [0.15, 0.2) is 63.7 Å². The maximum Gasteiger partial charge on any atom is 0.235 e. The summed E-state index contributed by atoms with van der Waals surface area (Å²) >= 11 is 1.89. The normalized spacial score (nSPS) is 17.0. The molecular weight excluding hydrogens is 304 g/mol. The van der Waals surface area contributed by atoms with Crippen LogP contribution in [0.3, 0.4) is 0 Å². The minimum atomic E-state index is 0.0602. The van der Waals surface area contributed by atoms with Crippen molar-refractivity contribution in [2.75, 3.05) is 5.75 Å². The van der Waals surface area contributed by atoms with Crippen LogP contribution >= 0.6 is 11.8 Å². The molecule has 5 heteroatoms. The smallest absolute Gasteiger partial charge is 0.235 e. The van der Waals surface area contributed by atoms with Gasteiger partial charge in [-0.1, -0.05) is 48.5 Å². The molecule has 0 fully saturated rings. The number of aryl methyl sites for hydroxylation is 1. The number of guanidine groups is 1. The Labute approximate surface area is 140 Å². The molecule has 4 nitrogen and oxygen atoms in total. The van der Waals surface area contributed by atoms with Gasteiger partial charge in [0.05, 0.1) is 6.04 Å². The van der Waals surface area contributed by atoms with E-state index in [9.17, 15) is 0 Å². The summed E-state index contributed by atoms with van der Waals surface area (Å²) in [7, 11) is 0. The first-order chi connectivity index (χ1) is 11.2. The molecule has 2 N–H and O–H groups in total. The van der Waals surface area contributed by atoms with Crippen LogP contribution < -0.4 is 5.32 Å². The maximum atomic E-state index is 7.91. The highest BCUT2D eigenvalue weighted by atomic mass is 32.2. The molecule has 118 valence electrons. The maximum absolute atomic E-state index is 7.91. The number of thioether (sulfide) groups is 1. The standard InChI is InChI=1S/C18H20N4S/c1-13-6-5-9-15-16(10-11-23-17(13)15)21-22-18(19)20-12-14-7-3-2-4-8-14/h2-9,16H,10-12H2,1H3,(H2,19,20). The van der Waals surface area contributed by atoms with Gasteiger partial charge in [0.15, 0.2) is 0 Å². The van der Waals surface area contributed by atoms with E-state index in [0.29, 0.717) is 6.54 Å². The Kier molecular flexibility index (Phi) is 5.08. The molecule has 3 rings (SSSR count). The van der Waals surface area contributed by atoms with Gasteiger partial charge in [-0.15, -0.1) is 16.9 Å². The highest BCUT2D eigenvalue weighted by Gasteiger charge is 2.21. The van der Waals surface area contributed by atoms with Crippen molar-refractivity contribution in [3.05, 3.63) is 65.2 Å². The van der Waals surface area contributed by atoms with Crippen molar-refractivity contribution in [2.24, 2.45) is 10.2 Å². The molecule has 0 spiro atoms. The summed E-state index contributed by atoms with van der Waals surface area (Å²) in [4.78, 5) is 1.33. The van der Waals surface area contributed by atoms with Gasteiger partial charge in [-0.05, 0) is 30.0 Å². The molecule has 1 atom stereocenters. The van der Waals surface area contributed by atoms with Gasteiger partial charge in [-0.25, -0.2) is 0 Å². The van der Waals surface area contributed by atoms with E-state index in [1.165, 1.54) is 16.0 Å². The number of nitrogens with one attached hydrogen (secondary N) is 2. The molecule has 1 aliphatic heterocycles. The number of azo groups is 1. The summed E-state index contributed by atoms with van der Waals surface area (Å²) in [5.41, 5.74) is 3.66. The molecule has 0 saturated heterocycles. The molecule has 2 aromatic rings. The van der Waals surface area contributed by atoms with E-state index in [1.807, 2.05) is 42.1 Å². The highest BCUT2D eigenvalue weighted by Crippen LogP contribution is 2.40. The fourth-order valence-corrected chi connectivity index (χ4v) is 3.84. The second kappa shape index (κ2) is 7.42. The SMILES string of the molecule is Cc1cccc2c1SCCC2N=NC(=N)NCc1ccccc1. The van der Waals surface area contributed by atoms with E-state index < -0.39 is 0 Å². The second-order valence-corrected chi connectivity index (χ2v) is 6.65. The molecule has 1 unspecified atom stereocenters. The average molecular weight is 324 g/mol. The average Bonchev–Trinajstić information content (AvgIpc) is 2.59. The fourth-order valence-electron chi connectivity index (χ4n) is 2.63. The van der Waals surface area contributed by atoms with Crippen LogP contribution in [-0.2, 0) is 6.54 Å². The van der Waals surface area contributed by atoms with Gasteiger partial charge >= 0.3 is 0 Å². The zero-order valence-electron chi connectivity index (χ0n) is 13.1. The first-order valence-corrected chi connectivity index (χ1v) is 8.72. The Balaban J connectivity index is 1.62. The number of hydrogen-bond acceptors (Lipinski definition) is 3. The number of rotatable bonds is 3. The van der Waals surface area contributed by atoms with Crippen LogP contribution in [0.2, 0.25) is 0 Å². The van der Waals surface area contributed by atoms with Gasteiger partial charge in [-0.2, -0.15) is 5.11 Å². The predicted molar refractivity (Wildman–Crippen MR) is 95.1 cm³/mol. The van der Waals surface area contributed by atoms with E-state index in [4.69, 9.17) is 5.41 Å². The first kappa shape index (κ1) is 15.7. The van der Waals surface area contributed by atoms with Crippen molar-refractivity contribution in [3.8, 4) is 0 Å². The Morgan fingerprint density at radius 2 is 2.04 bits per heavy atom. The zero-order chi connectivity index (χ0) is 16.1. The number of fused-ring (bicyclic) bond motifs is 1. The molecule has 2 aromatic carbocycles. The van der Waals surface area contributed by atoms with Crippen molar-refractivity contribution in [2.45, 2.75) is 30.8 Å². The van der Waals surface area contributed by atoms with Crippen LogP contribution in [0, 0.1) is 12.3 Å². The number of hydrogen-bond donors (Lipinski definition) is 2. The third-order valence-corrected chi connectivity index (χ3v) is 5.13. The first-order valence-electron chi connectivity index (χ1n) is 7.73. The van der Waals surface area contributed by atoms with E-state index in [-0.39, 0.29) is 12.0 Å². The number of nitrogens with zero attached hydrogens (tertiary/aromatic N) is 2. The fraction of sp³-hybridized carbons (Fsp3) is 0.278. The van der Waals surface area contributed by atoms with Gasteiger partial charge in [0.1, 0.15) is 0 Å². The Morgan fingerprint density at radius 1 is 1.22 bits per heavy atom. The van der Waals surface area contributed by atoms with Crippen molar-refractivity contribution >= 4 is 17.7 Å². The van der Waals surface area contributed by atoms with Crippen molar-refractivity contribution in [1.29, 1.82) is 5.41 Å². The highest BCUT2D eigenvalue weighted by molar-refractivity contribution is 7.99. The number of benzene rings is 2. The minimum Gasteiger partial charge on any atom is -0.349 e. The molecule has 1 heterocycles. The third kappa shape index (κ3) is 3.99. The van der Waals surface area contributed by atoms with Crippen molar-refractivity contribution in [3.63, 3.8) is 0 Å². The summed E-state index contributed by atoms with van der Waals surface area (Å²) in [6.07, 6.45) is 0.969. The van der Waals surface area contributed by atoms with Gasteiger partial charge in [0, 0.05) is 17.2 Å². The van der Waals surface area contributed by atoms with E-state index in [1.54, 1.807) is 0 Å². The molecule has 0 saturated carbocycles. The lowest BCUT2D eigenvalue weighted by molar-refractivity contribution is 0.646. The predicted octanol–water partition coefficient (Wildman–Crippen LogP) is 4.71.